The molecule has 0 amide bonds. The van der Waals surface area contributed by atoms with Crippen LogP contribution in [-0.4, -0.2) is 46.8 Å². The van der Waals surface area contributed by atoms with Crippen LogP contribution in [0.4, 0.5) is 0 Å². The standard InChI is InChI=1S/C19H35N5/c1-5-10-19(3)11-8-13-24(16-19)18(20-6-2)21-12-7-9-17-14-22-23(4)15-17/h14-15H,5-13,16H2,1-4H3,(H,20,21). The number of aliphatic imine (C=N–C) groups is 1. The molecule has 0 aromatic carbocycles. The van der Waals surface area contributed by atoms with Gasteiger partial charge in [0.05, 0.1) is 6.20 Å². The first kappa shape index (κ1) is 18.8. The highest BCUT2D eigenvalue weighted by Crippen LogP contribution is 2.33. The summed E-state index contributed by atoms with van der Waals surface area (Å²) in [6.07, 6.45) is 11.4. The molecule has 136 valence electrons. The third kappa shape index (κ3) is 5.53. The summed E-state index contributed by atoms with van der Waals surface area (Å²) in [5.74, 6) is 1.10. The molecule has 5 heteroatoms. The van der Waals surface area contributed by atoms with Crippen molar-refractivity contribution in [2.45, 2.75) is 59.3 Å². The van der Waals surface area contributed by atoms with E-state index in [4.69, 9.17) is 4.99 Å². The lowest BCUT2D eigenvalue weighted by molar-refractivity contribution is 0.142. The second kappa shape index (κ2) is 9.09. The second-order valence-corrected chi connectivity index (χ2v) is 7.45. The number of aryl methyl sites for hydroxylation is 2. The third-order valence-electron chi connectivity index (χ3n) is 4.91. The first-order valence-corrected chi connectivity index (χ1v) is 9.57. The Hall–Kier alpha value is -1.52. The predicted octanol–water partition coefficient (Wildman–Crippen LogP) is 3.22. The van der Waals surface area contributed by atoms with Crippen LogP contribution in [0.5, 0.6) is 0 Å². The summed E-state index contributed by atoms with van der Waals surface area (Å²) in [4.78, 5) is 7.37. The topological polar surface area (TPSA) is 45.5 Å². The summed E-state index contributed by atoms with van der Waals surface area (Å²) >= 11 is 0. The van der Waals surface area contributed by atoms with E-state index in [1.165, 1.54) is 31.2 Å². The van der Waals surface area contributed by atoms with Gasteiger partial charge in [0.15, 0.2) is 5.96 Å². The third-order valence-corrected chi connectivity index (χ3v) is 4.91. The van der Waals surface area contributed by atoms with E-state index in [-0.39, 0.29) is 0 Å². The molecule has 0 radical (unpaired) electrons. The van der Waals surface area contributed by atoms with E-state index in [0.29, 0.717) is 5.41 Å². The molecule has 1 saturated heterocycles. The number of likely N-dealkylation sites (tertiary alicyclic amines) is 1. The SMILES string of the molecule is CCCC1(C)CCCN(C(=NCCCc2cnn(C)c2)NCC)C1. The van der Waals surface area contributed by atoms with Gasteiger partial charge in [0, 0.05) is 39.4 Å². The summed E-state index contributed by atoms with van der Waals surface area (Å²) in [5.41, 5.74) is 1.74. The highest BCUT2D eigenvalue weighted by Gasteiger charge is 2.31. The Balaban J connectivity index is 1.89. The summed E-state index contributed by atoms with van der Waals surface area (Å²) in [5, 5.41) is 7.72. The minimum Gasteiger partial charge on any atom is -0.357 e. The van der Waals surface area contributed by atoms with Gasteiger partial charge in [-0.25, -0.2) is 0 Å². The molecule has 2 heterocycles. The van der Waals surface area contributed by atoms with Crippen LogP contribution in [0.3, 0.4) is 0 Å². The fourth-order valence-corrected chi connectivity index (χ4v) is 3.80. The molecule has 1 aromatic heterocycles. The van der Waals surface area contributed by atoms with Gasteiger partial charge in [-0.3, -0.25) is 9.67 Å². The smallest absolute Gasteiger partial charge is 0.193 e. The van der Waals surface area contributed by atoms with Crippen LogP contribution in [0.15, 0.2) is 17.4 Å². The molecule has 1 aromatic rings. The lowest BCUT2D eigenvalue weighted by Gasteiger charge is -2.42. The molecule has 1 N–H and O–H groups in total. The number of hydrogen-bond acceptors (Lipinski definition) is 2. The van der Waals surface area contributed by atoms with Crippen LogP contribution in [0.2, 0.25) is 0 Å². The molecule has 0 bridgehead atoms. The zero-order valence-corrected chi connectivity index (χ0v) is 16.0. The molecule has 1 atom stereocenters. The predicted molar refractivity (Wildman–Crippen MR) is 101 cm³/mol. The number of nitrogens with one attached hydrogen (secondary N) is 1. The molecule has 1 aliphatic rings. The highest BCUT2D eigenvalue weighted by molar-refractivity contribution is 5.80. The molecule has 1 aliphatic heterocycles. The van der Waals surface area contributed by atoms with Gasteiger partial charge in [-0.2, -0.15) is 5.10 Å². The Morgan fingerprint density at radius 2 is 2.25 bits per heavy atom. The van der Waals surface area contributed by atoms with E-state index in [1.807, 2.05) is 17.9 Å². The van der Waals surface area contributed by atoms with E-state index in [9.17, 15) is 0 Å². The Morgan fingerprint density at radius 3 is 2.92 bits per heavy atom. The van der Waals surface area contributed by atoms with Gasteiger partial charge in [0.1, 0.15) is 0 Å². The van der Waals surface area contributed by atoms with Crippen LogP contribution in [0.1, 0.15) is 58.4 Å². The fourth-order valence-electron chi connectivity index (χ4n) is 3.80. The molecule has 0 aliphatic carbocycles. The van der Waals surface area contributed by atoms with E-state index in [0.717, 1.165) is 45.0 Å². The summed E-state index contributed by atoms with van der Waals surface area (Å²) in [6.45, 7) is 11.0. The van der Waals surface area contributed by atoms with Crippen molar-refractivity contribution in [2.24, 2.45) is 17.5 Å². The van der Waals surface area contributed by atoms with Crippen molar-refractivity contribution in [1.29, 1.82) is 0 Å². The Morgan fingerprint density at radius 1 is 1.42 bits per heavy atom. The van der Waals surface area contributed by atoms with Crippen molar-refractivity contribution in [2.75, 3.05) is 26.2 Å². The molecule has 2 rings (SSSR count). The maximum Gasteiger partial charge on any atom is 0.193 e. The maximum absolute atomic E-state index is 4.89. The van der Waals surface area contributed by atoms with Crippen molar-refractivity contribution in [3.63, 3.8) is 0 Å². The molecular formula is C19H35N5. The lowest BCUT2D eigenvalue weighted by Crippen LogP contribution is -2.49. The highest BCUT2D eigenvalue weighted by atomic mass is 15.3. The van der Waals surface area contributed by atoms with Gasteiger partial charge in [0.25, 0.3) is 0 Å². The monoisotopic (exact) mass is 333 g/mol. The molecule has 1 fully saturated rings. The van der Waals surface area contributed by atoms with Crippen LogP contribution in [0, 0.1) is 5.41 Å². The first-order chi connectivity index (χ1) is 11.6. The largest absolute Gasteiger partial charge is 0.357 e. The van der Waals surface area contributed by atoms with Gasteiger partial charge < -0.3 is 10.2 Å². The Kier molecular flexibility index (Phi) is 7.13. The zero-order chi connectivity index (χ0) is 17.4. The van der Waals surface area contributed by atoms with Crippen LogP contribution in [-0.2, 0) is 13.5 Å². The Bertz CT molecular complexity index is 518. The van der Waals surface area contributed by atoms with Crippen molar-refractivity contribution < 1.29 is 0 Å². The van der Waals surface area contributed by atoms with Crippen molar-refractivity contribution >= 4 is 5.96 Å². The van der Waals surface area contributed by atoms with Gasteiger partial charge >= 0.3 is 0 Å². The maximum atomic E-state index is 4.89. The van der Waals surface area contributed by atoms with Crippen LogP contribution < -0.4 is 5.32 Å². The second-order valence-electron chi connectivity index (χ2n) is 7.45. The molecule has 0 spiro atoms. The average Bonchev–Trinajstić information content (AvgIpc) is 2.96. The van der Waals surface area contributed by atoms with Crippen molar-refractivity contribution in [1.82, 2.24) is 20.0 Å². The van der Waals surface area contributed by atoms with E-state index < -0.39 is 0 Å². The van der Waals surface area contributed by atoms with Gasteiger partial charge in [-0.15, -0.1) is 0 Å². The number of guanidine groups is 1. The van der Waals surface area contributed by atoms with Crippen molar-refractivity contribution in [3.05, 3.63) is 18.0 Å². The summed E-state index contributed by atoms with van der Waals surface area (Å²) in [7, 11) is 1.97. The number of rotatable bonds is 7. The molecular weight excluding hydrogens is 298 g/mol. The molecule has 1 unspecified atom stereocenters. The number of hydrogen-bond donors (Lipinski definition) is 1. The molecule has 24 heavy (non-hydrogen) atoms. The lowest BCUT2D eigenvalue weighted by atomic mass is 9.78. The molecule has 0 saturated carbocycles. The van der Waals surface area contributed by atoms with E-state index in [1.54, 1.807) is 0 Å². The normalized spacial score (nSPS) is 22.0. The van der Waals surface area contributed by atoms with E-state index >= 15 is 0 Å². The fraction of sp³-hybridized carbons (Fsp3) is 0.789. The van der Waals surface area contributed by atoms with Gasteiger partial charge in [-0.1, -0.05) is 20.3 Å². The van der Waals surface area contributed by atoms with E-state index in [2.05, 4.69) is 42.3 Å². The minimum atomic E-state index is 0.443. The quantitative estimate of drug-likeness (QED) is 0.473. The van der Waals surface area contributed by atoms with Crippen molar-refractivity contribution in [3.8, 4) is 0 Å². The molecule has 5 nitrogen and oxygen atoms in total. The van der Waals surface area contributed by atoms with Crippen LogP contribution in [0.25, 0.3) is 0 Å². The number of piperidine rings is 1. The first-order valence-electron chi connectivity index (χ1n) is 9.57. The van der Waals surface area contributed by atoms with Gasteiger partial charge in [-0.05, 0) is 50.0 Å². The Labute approximate surface area is 147 Å². The average molecular weight is 334 g/mol. The summed E-state index contributed by atoms with van der Waals surface area (Å²) < 4.78 is 1.87. The minimum absolute atomic E-state index is 0.443. The zero-order valence-electron chi connectivity index (χ0n) is 16.0. The number of aromatic nitrogens is 2. The number of nitrogens with zero attached hydrogens (tertiary/aromatic N) is 4. The summed E-state index contributed by atoms with van der Waals surface area (Å²) in [6, 6.07) is 0. The van der Waals surface area contributed by atoms with Crippen LogP contribution >= 0.6 is 0 Å². The van der Waals surface area contributed by atoms with Gasteiger partial charge in [0.2, 0.25) is 0 Å².